The van der Waals surface area contributed by atoms with Crippen LogP contribution in [0.15, 0.2) is 47.8 Å². The number of benzene rings is 1. The van der Waals surface area contributed by atoms with E-state index in [0.29, 0.717) is 12.1 Å². The summed E-state index contributed by atoms with van der Waals surface area (Å²) in [5.41, 5.74) is 2.41. The van der Waals surface area contributed by atoms with Crippen molar-refractivity contribution in [2.45, 2.75) is 6.42 Å². The van der Waals surface area contributed by atoms with Crippen LogP contribution in [0.2, 0.25) is 0 Å². The Labute approximate surface area is 163 Å². The minimum absolute atomic E-state index is 0.0216. The molecule has 5 nitrogen and oxygen atoms in total. The van der Waals surface area contributed by atoms with E-state index in [-0.39, 0.29) is 5.91 Å². The summed E-state index contributed by atoms with van der Waals surface area (Å²) in [5.74, 6) is -0.0216. The van der Waals surface area contributed by atoms with E-state index in [4.69, 9.17) is 4.98 Å². The first-order valence-electron chi connectivity index (χ1n) is 9.46. The lowest BCUT2D eigenvalue weighted by Crippen LogP contribution is -2.44. The minimum atomic E-state index is -0.0216. The number of nitrogens with one attached hydrogen (secondary N) is 2. The molecule has 0 unspecified atom stereocenters. The zero-order chi connectivity index (χ0) is 18.5. The van der Waals surface area contributed by atoms with Crippen LogP contribution in [-0.2, 0) is 0 Å². The van der Waals surface area contributed by atoms with Crippen LogP contribution in [0.25, 0.3) is 21.5 Å². The number of nitrogens with zero attached hydrogens (tertiary/aromatic N) is 2. The van der Waals surface area contributed by atoms with E-state index in [1.54, 1.807) is 11.3 Å². The molecule has 0 spiro atoms. The van der Waals surface area contributed by atoms with Gasteiger partial charge in [0.15, 0.2) is 0 Å². The second kappa shape index (κ2) is 8.61. The third kappa shape index (κ3) is 4.35. The molecule has 0 saturated carbocycles. The van der Waals surface area contributed by atoms with E-state index in [0.717, 1.165) is 60.6 Å². The summed E-state index contributed by atoms with van der Waals surface area (Å²) in [5, 5.41) is 9.39. The Balaban J connectivity index is 1.47. The van der Waals surface area contributed by atoms with Crippen molar-refractivity contribution in [1.82, 2.24) is 20.5 Å². The van der Waals surface area contributed by atoms with Gasteiger partial charge in [-0.05, 0) is 36.5 Å². The van der Waals surface area contributed by atoms with E-state index < -0.39 is 0 Å². The molecule has 0 atom stereocenters. The lowest BCUT2D eigenvalue weighted by Gasteiger charge is -2.27. The molecule has 0 bridgehead atoms. The average molecular weight is 381 g/mol. The number of piperazine rings is 1. The summed E-state index contributed by atoms with van der Waals surface area (Å²) in [6.45, 7) is 6.01. The van der Waals surface area contributed by atoms with Crippen molar-refractivity contribution in [1.29, 1.82) is 0 Å². The Morgan fingerprint density at radius 2 is 2.04 bits per heavy atom. The number of amides is 1. The number of hydrogen-bond donors (Lipinski definition) is 2. The molecular weight excluding hydrogens is 356 g/mol. The van der Waals surface area contributed by atoms with Gasteiger partial charge in [0.05, 0.1) is 21.7 Å². The molecule has 0 aliphatic carbocycles. The van der Waals surface area contributed by atoms with E-state index in [9.17, 15) is 4.79 Å². The third-order valence-electron chi connectivity index (χ3n) is 4.88. The van der Waals surface area contributed by atoms with Gasteiger partial charge in [0.2, 0.25) is 0 Å². The highest BCUT2D eigenvalue weighted by atomic mass is 32.1. The van der Waals surface area contributed by atoms with Crippen LogP contribution < -0.4 is 10.6 Å². The van der Waals surface area contributed by atoms with Gasteiger partial charge >= 0.3 is 0 Å². The van der Waals surface area contributed by atoms with Gasteiger partial charge in [0.1, 0.15) is 0 Å². The fourth-order valence-corrected chi connectivity index (χ4v) is 4.13. The fraction of sp³-hybridized carbons (Fsp3) is 0.333. The fourth-order valence-electron chi connectivity index (χ4n) is 3.45. The number of carbonyl (C=O) groups is 1. The number of aromatic nitrogens is 1. The quantitative estimate of drug-likeness (QED) is 0.646. The normalized spacial score (nSPS) is 15.1. The van der Waals surface area contributed by atoms with Crippen molar-refractivity contribution < 1.29 is 4.79 Å². The lowest BCUT2D eigenvalue weighted by atomic mass is 10.1. The van der Waals surface area contributed by atoms with Crippen molar-refractivity contribution in [3.05, 3.63) is 53.4 Å². The summed E-state index contributed by atoms with van der Waals surface area (Å²) >= 11 is 1.64. The van der Waals surface area contributed by atoms with Gasteiger partial charge in [-0.1, -0.05) is 24.3 Å². The number of pyridine rings is 1. The highest BCUT2D eigenvalue weighted by molar-refractivity contribution is 7.13. The van der Waals surface area contributed by atoms with Crippen molar-refractivity contribution in [3.8, 4) is 10.6 Å². The Kier molecular flexibility index (Phi) is 5.77. The molecule has 1 amide bonds. The second-order valence-electron chi connectivity index (χ2n) is 6.75. The zero-order valence-corrected chi connectivity index (χ0v) is 16.1. The van der Waals surface area contributed by atoms with E-state index in [1.165, 1.54) is 0 Å². The molecule has 1 fully saturated rings. The monoisotopic (exact) mass is 380 g/mol. The summed E-state index contributed by atoms with van der Waals surface area (Å²) < 4.78 is 0. The maximum absolute atomic E-state index is 12.9. The van der Waals surface area contributed by atoms with Crippen molar-refractivity contribution in [2.75, 3.05) is 39.3 Å². The Bertz CT molecular complexity index is 904. The standard InChI is InChI=1S/C21H24N4OS/c26-21(23-8-4-11-25-12-9-22-10-13-25)17-15-19(20-7-3-14-27-20)24-18-6-2-1-5-16(17)18/h1-3,5-7,14-15,22H,4,8-13H2,(H,23,26). The lowest BCUT2D eigenvalue weighted by molar-refractivity contribution is 0.0953. The van der Waals surface area contributed by atoms with Crippen LogP contribution in [-0.4, -0.2) is 55.1 Å². The Morgan fingerprint density at radius 3 is 2.85 bits per heavy atom. The molecule has 140 valence electrons. The Hall–Kier alpha value is -2.28. The van der Waals surface area contributed by atoms with Crippen LogP contribution in [0, 0.1) is 0 Å². The van der Waals surface area contributed by atoms with E-state index in [2.05, 4.69) is 15.5 Å². The van der Waals surface area contributed by atoms with Crippen LogP contribution in [0.3, 0.4) is 0 Å². The number of hydrogen-bond acceptors (Lipinski definition) is 5. The van der Waals surface area contributed by atoms with Crippen molar-refractivity contribution >= 4 is 28.1 Å². The predicted molar refractivity (Wildman–Crippen MR) is 111 cm³/mol. The molecular formula is C21H24N4OS. The van der Waals surface area contributed by atoms with Gasteiger partial charge in [-0.15, -0.1) is 11.3 Å². The maximum Gasteiger partial charge on any atom is 0.252 e. The largest absolute Gasteiger partial charge is 0.352 e. The molecule has 1 aliphatic rings. The molecule has 3 heterocycles. The van der Waals surface area contributed by atoms with Gasteiger partial charge in [-0.3, -0.25) is 4.79 Å². The number of thiophene rings is 1. The maximum atomic E-state index is 12.9. The summed E-state index contributed by atoms with van der Waals surface area (Å²) in [6, 6.07) is 13.8. The predicted octanol–water partition coefficient (Wildman–Crippen LogP) is 2.99. The number of fused-ring (bicyclic) bond motifs is 1. The third-order valence-corrected chi connectivity index (χ3v) is 5.77. The number of carbonyl (C=O) groups excluding carboxylic acids is 1. The topological polar surface area (TPSA) is 57.3 Å². The number of rotatable bonds is 6. The molecule has 1 aliphatic heterocycles. The molecule has 3 aromatic rings. The molecule has 2 N–H and O–H groups in total. The van der Waals surface area contributed by atoms with Gasteiger partial charge in [-0.2, -0.15) is 0 Å². The first-order valence-corrected chi connectivity index (χ1v) is 10.3. The van der Waals surface area contributed by atoms with Gasteiger partial charge < -0.3 is 15.5 Å². The molecule has 4 rings (SSSR count). The Morgan fingerprint density at radius 1 is 1.19 bits per heavy atom. The molecule has 1 saturated heterocycles. The van der Waals surface area contributed by atoms with Crippen LogP contribution >= 0.6 is 11.3 Å². The van der Waals surface area contributed by atoms with Crippen molar-refractivity contribution in [3.63, 3.8) is 0 Å². The van der Waals surface area contributed by atoms with Crippen LogP contribution in [0.4, 0.5) is 0 Å². The average Bonchev–Trinajstić information content (AvgIpc) is 3.26. The molecule has 0 radical (unpaired) electrons. The smallest absolute Gasteiger partial charge is 0.252 e. The van der Waals surface area contributed by atoms with E-state index in [1.807, 2.05) is 47.8 Å². The second-order valence-corrected chi connectivity index (χ2v) is 7.70. The van der Waals surface area contributed by atoms with Gasteiger partial charge in [0, 0.05) is 38.1 Å². The zero-order valence-electron chi connectivity index (χ0n) is 15.3. The summed E-state index contributed by atoms with van der Waals surface area (Å²) in [4.78, 5) is 21.1. The van der Waals surface area contributed by atoms with Gasteiger partial charge in [0.25, 0.3) is 5.91 Å². The molecule has 27 heavy (non-hydrogen) atoms. The SMILES string of the molecule is O=C(NCCCN1CCNCC1)c1cc(-c2cccs2)nc2ccccc12. The molecule has 2 aromatic heterocycles. The van der Waals surface area contributed by atoms with Gasteiger partial charge in [-0.25, -0.2) is 4.98 Å². The molecule has 6 heteroatoms. The number of para-hydroxylation sites is 1. The highest BCUT2D eigenvalue weighted by Crippen LogP contribution is 2.27. The van der Waals surface area contributed by atoms with Crippen LogP contribution in [0.5, 0.6) is 0 Å². The van der Waals surface area contributed by atoms with E-state index >= 15 is 0 Å². The first kappa shape index (κ1) is 18.1. The molecule has 1 aromatic carbocycles. The summed E-state index contributed by atoms with van der Waals surface area (Å²) in [7, 11) is 0. The minimum Gasteiger partial charge on any atom is -0.352 e. The highest BCUT2D eigenvalue weighted by Gasteiger charge is 2.14. The van der Waals surface area contributed by atoms with Crippen molar-refractivity contribution in [2.24, 2.45) is 0 Å². The summed E-state index contributed by atoms with van der Waals surface area (Å²) in [6.07, 6.45) is 0.965. The first-order chi connectivity index (χ1) is 13.3. The van der Waals surface area contributed by atoms with Crippen LogP contribution in [0.1, 0.15) is 16.8 Å².